The number of nitrogens with zero attached hydrogens (tertiary/aromatic N) is 1. The van der Waals surface area contributed by atoms with Crippen LogP contribution in [0.2, 0.25) is 0 Å². The van der Waals surface area contributed by atoms with Gasteiger partial charge in [-0.1, -0.05) is 33.8 Å². The third kappa shape index (κ3) is 8.03. The van der Waals surface area contributed by atoms with Crippen LogP contribution in [0.4, 0.5) is 39.5 Å². The standard InChI is InChI=1S/C34H48F9NO3/c1-29(2,3)15-16-44(5)17-20-45-23-8-10-24-22(21-23)7-9-26-25(24)13-14-30(4)27(26)11-12-28(30)46-18-6-19-47-31(32(35,36)37,33(38,39)40)34(41,42)43/h8,10,21,25-28H,6-7,9,11-20H2,1-5H3/t25-,26-,27+,28+,30+/m1/s1. The first-order valence-corrected chi connectivity index (χ1v) is 16.5. The summed E-state index contributed by atoms with van der Waals surface area (Å²) in [5.74, 6) is 1.97. The molecule has 0 saturated heterocycles. The Balaban J connectivity index is 1.30. The molecule has 270 valence electrons. The maximum Gasteiger partial charge on any atom is 0.435 e. The number of aryl methyl sites for hydroxylation is 1. The molecule has 3 aliphatic rings. The number of likely N-dealkylation sites (N-methyl/N-ethyl adjacent to an activating group) is 1. The van der Waals surface area contributed by atoms with Crippen molar-refractivity contribution in [2.75, 3.05) is 40.0 Å². The number of halogens is 9. The van der Waals surface area contributed by atoms with Gasteiger partial charge < -0.3 is 19.1 Å². The molecule has 0 radical (unpaired) electrons. The van der Waals surface area contributed by atoms with E-state index in [0.29, 0.717) is 30.8 Å². The molecular formula is C34H48F9NO3. The number of hydrogen-bond acceptors (Lipinski definition) is 4. The Labute approximate surface area is 271 Å². The molecule has 0 aliphatic heterocycles. The second-order valence-corrected chi connectivity index (χ2v) is 15.1. The zero-order valence-corrected chi connectivity index (χ0v) is 27.8. The Kier molecular flexibility index (Phi) is 11.2. The molecule has 13 heteroatoms. The highest BCUT2D eigenvalue weighted by Gasteiger charge is 2.85. The summed E-state index contributed by atoms with van der Waals surface area (Å²) >= 11 is 0. The van der Waals surface area contributed by atoms with Crippen LogP contribution in [0.3, 0.4) is 0 Å². The van der Waals surface area contributed by atoms with Crippen LogP contribution >= 0.6 is 0 Å². The van der Waals surface area contributed by atoms with Gasteiger partial charge in [-0.2, -0.15) is 39.5 Å². The lowest BCUT2D eigenvalue weighted by Gasteiger charge is -2.50. The van der Waals surface area contributed by atoms with Crippen LogP contribution in [0.5, 0.6) is 5.75 Å². The van der Waals surface area contributed by atoms with Crippen LogP contribution < -0.4 is 4.74 Å². The van der Waals surface area contributed by atoms with Gasteiger partial charge in [-0.25, -0.2) is 0 Å². The average Bonchev–Trinajstić information content (AvgIpc) is 3.27. The molecule has 0 spiro atoms. The lowest BCUT2D eigenvalue weighted by atomic mass is 9.55. The van der Waals surface area contributed by atoms with Crippen LogP contribution in [0.1, 0.15) is 89.7 Å². The summed E-state index contributed by atoms with van der Waals surface area (Å²) in [5.41, 5.74) is -3.57. The summed E-state index contributed by atoms with van der Waals surface area (Å²) in [5, 5.41) is 0. The Hall–Kier alpha value is -1.73. The molecule has 47 heavy (non-hydrogen) atoms. The quantitative estimate of drug-likeness (QED) is 0.162. The smallest absolute Gasteiger partial charge is 0.435 e. The van der Waals surface area contributed by atoms with E-state index in [2.05, 4.69) is 56.5 Å². The summed E-state index contributed by atoms with van der Waals surface area (Å²) in [7, 11) is 2.10. The predicted molar refractivity (Wildman–Crippen MR) is 159 cm³/mol. The van der Waals surface area contributed by atoms with Crippen molar-refractivity contribution in [3.63, 3.8) is 0 Å². The topological polar surface area (TPSA) is 30.9 Å². The van der Waals surface area contributed by atoms with Crippen molar-refractivity contribution in [1.29, 1.82) is 0 Å². The number of hydrogen-bond donors (Lipinski definition) is 0. The third-order valence-corrected chi connectivity index (χ3v) is 10.7. The highest BCUT2D eigenvalue weighted by Crippen LogP contribution is 2.62. The molecule has 4 rings (SSSR count). The highest BCUT2D eigenvalue weighted by molar-refractivity contribution is 5.40. The van der Waals surface area contributed by atoms with Crippen LogP contribution in [0.15, 0.2) is 18.2 Å². The van der Waals surface area contributed by atoms with Gasteiger partial charge in [-0.05, 0) is 117 Å². The highest BCUT2D eigenvalue weighted by atomic mass is 19.4. The van der Waals surface area contributed by atoms with Crippen molar-refractivity contribution < 1.29 is 53.7 Å². The predicted octanol–water partition coefficient (Wildman–Crippen LogP) is 9.51. The molecular weight excluding hydrogens is 641 g/mol. The third-order valence-electron chi connectivity index (χ3n) is 10.7. The van der Waals surface area contributed by atoms with Gasteiger partial charge in [0, 0.05) is 13.2 Å². The normalized spacial score (nSPS) is 27.0. The number of alkyl halides is 9. The van der Waals surface area contributed by atoms with E-state index >= 15 is 0 Å². The maximum absolute atomic E-state index is 13.1. The van der Waals surface area contributed by atoms with Crippen molar-refractivity contribution in [3.8, 4) is 5.75 Å². The fourth-order valence-electron chi connectivity index (χ4n) is 8.07. The van der Waals surface area contributed by atoms with Gasteiger partial charge >= 0.3 is 24.1 Å². The van der Waals surface area contributed by atoms with Gasteiger partial charge in [0.25, 0.3) is 0 Å². The van der Waals surface area contributed by atoms with Gasteiger partial charge in [0.2, 0.25) is 0 Å². The molecule has 0 aromatic heterocycles. The molecule has 1 aromatic rings. The van der Waals surface area contributed by atoms with E-state index in [4.69, 9.17) is 9.47 Å². The van der Waals surface area contributed by atoms with Crippen LogP contribution in [0, 0.1) is 22.7 Å². The Morgan fingerprint density at radius 1 is 0.830 bits per heavy atom. The number of fused-ring (bicyclic) bond motifs is 5. The minimum atomic E-state index is -6.73. The molecule has 2 fully saturated rings. The summed E-state index contributed by atoms with van der Waals surface area (Å²) in [6, 6.07) is 6.37. The second-order valence-electron chi connectivity index (χ2n) is 15.1. The van der Waals surface area contributed by atoms with Crippen molar-refractivity contribution in [1.82, 2.24) is 4.90 Å². The van der Waals surface area contributed by atoms with Gasteiger partial charge in [0.05, 0.1) is 12.7 Å². The Bertz CT molecular complexity index is 1160. The van der Waals surface area contributed by atoms with Gasteiger partial charge in [-0.15, -0.1) is 0 Å². The number of ether oxygens (including phenoxy) is 3. The van der Waals surface area contributed by atoms with E-state index < -0.39 is 37.2 Å². The molecule has 2 saturated carbocycles. The van der Waals surface area contributed by atoms with E-state index in [9.17, 15) is 39.5 Å². The van der Waals surface area contributed by atoms with E-state index in [1.54, 1.807) is 0 Å². The molecule has 5 atom stereocenters. The van der Waals surface area contributed by atoms with Crippen LogP contribution in [-0.2, 0) is 15.9 Å². The maximum atomic E-state index is 13.1. The van der Waals surface area contributed by atoms with Crippen molar-refractivity contribution in [2.45, 2.75) is 115 Å². The Morgan fingerprint density at radius 3 is 2.11 bits per heavy atom. The molecule has 0 unspecified atom stereocenters. The van der Waals surface area contributed by atoms with Gasteiger partial charge in [0.15, 0.2) is 0 Å². The van der Waals surface area contributed by atoms with E-state index in [1.165, 1.54) is 11.1 Å². The second kappa shape index (κ2) is 13.9. The molecule has 3 aliphatic carbocycles. The van der Waals surface area contributed by atoms with E-state index in [1.807, 2.05) is 6.07 Å². The average molecular weight is 690 g/mol. The van der Waals surface area contributed by atoms with Crippen molar-refractivity contribution >= 4 is 0 Å². The number of rotatable bonds is 12. The molecule has 0 heterocycles. The SMILES string of the molecule is CN(CCOc1ccc2c(c1)CC[C@@H]1[C@@H]2CC[C@]2(C)[C@@H](OCCCOC(C(F)(F)F)(C(F)(F)F)C(F)(F)F)CC[C@@H]12)CCC(C)(C)C. The monoisotopic (exact) mass is 689 g/mol. The molecule has 4 nitrogen and oxygen atoms in total. The zero-order chi connectivity index (χ0) is 35.1. The molecule has 0 amide bonds. The fourth-order valence-corrected chi connectivity index (χ4v) is 8.07. The molecule has 1 aromatic carbocycles. The first-order valence-electron chi connectivity index (χ1n) is 16.5. The zero-order valence-electron chi connectivity index (χ0n) is 27.8. The van der Waals surface area contributed by atoms with Gasteiger partial charge in [-0.3, -0.25) is 0 Å². The molecule has 0 bridgehead atoms. The minimum absolute atomic E-state index is 0.241. The summed E-state index contributed by atoms with van der Waals surface area (Å²) in [6.07, 6.45) is -14.7. The summed E-state index contributed by atoms with van der Waals surface area (Å²) in [6.45, 7) is 9.54. The van der Waals surface area contributed by atoms with E-state index in [0.717, 1.165) is 57.4 Å². The van der Waals surface area contributed by atoms with Gasteiger partial charge in [0.1, 0.15) is 12.4 Å². The lowest BCUT2D eigenvalue weighted by Crippen LogP contribution is -2.67. The first-order chi connectivity index (χ1) is 21.6. The largest absolute Gasteiger partial charge is 0.492 e. The molecule has 0 N–H and O–H groups in total. The first kappa shape index (κ1) is 38.1. The lowest BCUT2D eigenvalue weighted by molar-refractivity contribution is -0.457. The number of benzene rings is 1. The van der Waals surface area contributed by atoms with Crippen LogP contribution in [0.25, 0.3) is 0 Å². The fraction of sp³-hybridized carbons (Fsp3) is 0.824. The minimum Gasteiger partial charge on any atom is -0.492 e. The summed E-state index contributed by atoms with van der Waals surface area (Å²) in [4.78, 5) is 2.28. The summed E-state index contributed by atoms with van der Waals surface area (Å²) < 4.78 is 134. The van der Waals surface area contributed by atoms with Crippen molar-refractivity contribution in [2.24, 2.45) is 22.7 Å². The Morgan fingerprint density at radius 2 is 1.49 bits per heavy atom. The van der Waals surface area contributed by atoms with Crippen LogP contribution in [-0.4, -0.2) is 75.1 Å². The van der Waals surface area contributed by atoms with E-state index in [-0.39, 0.29) is 23.5 Å². The van der Waals surface area contributed by atoms with Crippen molar-refractivity contribution in [3.05, 3.63) is 29.3 Å².